The summed E-state index contributed by atoms with van der Waals surface area (Å²) in [5.41, 5.74) is 2.26. The van der Waals surface area contributed by atoms with Crippen LogP contribution in [-0.4, -0.2) is 11.9 Å². The predicted molar refractivity (Wildman–Crippen MR) is 76.3 cm³/mol. The quantitative estimate of drug-likeness (QED) is 0.486. The van der Waals surface area contributed by atoms with Crippen molar-refractivity contribution in [1.29, 1.82) is 0 Å². The van der Waals surface area contributed by atoms with E-state index in [1.807, 2.05) is 6.92 Å². The molecule has 4 nitrogen and oxygen atoms in total. The van der Waals surface area contributed by atoms with E-state index in [2.05, 4.69) is 17.2 Å². The van der Waals surface area contributed by atoms with Gasteiger partial charge in [0.25, 0.3) is 5.91 Å². The highest BCUT2D eigenvalue weighted by Gasteiger charge is 2.17. The molecular formula is C15H29NO3. The highest BCUT2D eigenvalue weighted by Crippen LogP contribution is 2.15. The zero-order valence-corrected chi connectivity index (χ0v) is 12.7. The molecule has 1 atom stereocenters. The Kier molecular flexibility index (Phi) is 11.3. The maximum atomic E-state index is 11.8. The number of amides is 1. The second kappa shape index (κ2) is 12.0. The Morgan fingerprint density at radius 1 is 1.00 bits per heavy atom. The molecule has 0 heterocycles. The Morgan fingerprint density at radius 3 is 2.21 bits per heavy atom. The molecule has 0 spiro atoms. The summed E-state index contributed by atoms with van der Waals surface area (Å²) in [4.78, 5) is 27.4. The van der Waals surface area contributed by atoms with Crippen LogP contribution >= 0.6 is 0 Å². The van der Waals surface area contributed by atoms with Gasteiger partial charge in [0.15, 0.2) is 0 Å². The lowest BCUT2D eigenvalue weighted by Gasteiger charge is -2.14. The maximum Gasteiger partial charge on any atom is 0.331 e. The van der Waals surface area contributed by atoms with E-state index >= 15 is 0 Å². The molecule has 0 aromatic heterocycles. The van der Waals surface area contributed by atoms with Gasteiger partial charge < -0.3 is 4.84 Å². The van der Waals surface area contributed by atoms with Gasteiger partial charge in [-0.2, -0.15) is 5.48 Å². The number of unbranched alkanes of at least 4 members (excludes halogenated alkanes) is 5. The average molecular weight is 271 g/mol. The second-order valence-electron chi connectivity index (χ2n) is 4.96. The third-order valence-corrected chi connectivity index (χ3v) is 3.32. The molecule has 0 aliphatic heterocycles. The molecule has 1 unspecified atom stereocenters. The number of hydrogen-bond acceptors (Lipinski definition) is 3. The SMILES string of the molecule is CCCCCCCCC(CC)C(=O)NOC(=O)CC. The van der Waals surface area contributed by atoms with E-state index in [1.54, 1.807) is 6.92 Å². The average Bonchev–Trinajstić information content (AvgIpc) is 2.43. The van der Waals surface area contributed by atoms with Crippen molar-refractivity contribution < 1.29 is 14.4 Å². The summed E-state index contributed by atoms with van der Waals surface area (Å²) in [6.45, 7) is 5.89. The van der Waals surface area contributed by atoms with Crippen molar-refractivity contribution in [2.24, 2.45) is 5.92 Å². The minimum Gasteiger partial charge on any atom is -0.341 e. The highest BCUT2D eigenvalue weighted by molar-refractivity contribution is 5.79. The van der Waals surface area contributed by atoms with Crippen molar-refractivity contribution in [1.82, 2.24) is 5.48 Å². The van der Waals surface area contributed by atoms with Crippen LogP contribution in [0.5, 0.6) is 0 Å². The molecule has 0 radical (unpaired) electrons. The lowest BCUT2D eigenvalue weighted by molar-refractivity contribution is -0.159. The van der Waals surface area contributed by atoms with Gasteiger partial charge in [0, 0.05) is 12.3 Å². The third kappa shape index (κ3) is 9.51. The van der Waals surface area contributed by atoms with Crippen LogP contribution in [0.2, 0.25) is 0 Å². The Labute approximate surface area is 117 Å². The molecule has 0 saturated heterocycles. The monoisotopic (exact) mass is 271 g/mol. The first-order valence-electron chi connectivity index (χ1n) is 7.65. The molecule has 0 aromatic rings. The van der Waals surface area contributed by atoms with E-state index in [9.17, 15) is 9.59 Å². The van der Waals surface area contributed by atoms with Gasteiger partial charge in [0.1, 0.15) is 0 Å². The summed E-state index contributed by atoms with van der Waals surface area (Å²) in [5.74, 6) is -0.614. The van der Waals surface area contributed by atoms with Crippen LogP contribution < -0.4 is 5.48 Å². The van der Waals surface area contributed by atoms with Crippen LogP contribution in [0, 0.1) is 5.92 Å². The van der Waals surface area contributed by atoms with E-state index in [0.717, 1.165) is 19.3 Å². The maximum absolute atomic E-state index is 11.8. The summed E-state index contributed by atoms with van der Waals surface area (Å²) >= 11 is 0. The van der Waals surface area contributed by atoms with Crippen LogP contribution in [0.25, 0.3) is 0 Å². The van der Waals surface area contributed by atoms with Gasteiger partial charge in [-0.1, -0.05) is 59.3 Å². The van der Waals surface area contributed by atoms with Crippen LogP contribution in [0.15, 0.2) is 0 Å². The zero-order chi connectivity index (χ0) is 14.5. The van der Waals surface area contributed by atoms with Gasteiger partial charge in [-0.05, 0) is 12.8 Å². The van der Waals surface area contributed by atoms with Crippen LogP contribution in [0.1, 0.15) is 78.6 Å². The fourth-order valence-electron chi connectivity index (χ4n) is 1.95. The van der Waals surface area contributed by atoms with Gasteiger partial charge in [0.2, 0.25) is 0 Å². The molecule has 0 aliphatic carbocycles. The van der Waals surface area contributed by atoms with Crippen molar-refractivity contribution >= 4 is 11.9 Å². The normalized spacial score (nSPS) is 11.9. The number of hydrogen-bond donors (Lipinski definition) is 1. The van der Waals surface area contributed by atoms with Crippen LogP contribution in [0.3, 0.4) is 0 Å². The first-order valence-corrected chi connectivity index (χ1v) is 7.65. The summed E-state index contributed by atoms with van der Waals surface area (Å²) < 4.78 is 0. The van der Waals surface area contributed by atoms with E-state index in [4.69, 9.17) is 0 Å². The molecule has 1 amide bonds. The number of carbonyl (C=O) groups excluding carboxylic acids is 2. The highest BCUT2D eigenvalue weighted by atomic mass is 16.7. The molecule has 0 fully saturated rings. The molecule has 0 saturated carbocycles. The molecule has 112 valence electrons. The van der Waals surface area contributed by atoms with Crippen molar-refractivity contribution in [3.05, 3.63) is 0 Å². The molecule has 0 aliphatic rings. The van der Waals surface area contributed by atoms with Crippen molar-refractivity contribution in [2.45, 2.75) is 78.6 Å². The number of nitrogens with one attached hydrogen (secondary N) is 1. The third-order valence-electron chi connectivity index (χ3n) is 3.32. The van der Waals surface area contributed by atoms with E-state index in [0.29, 0.717) is 0 Å². The fourth-order valence-corrected chi connectivity index (χ4v) is 1.95. The lowest BCUT2D eigenvalue weighted by atomic mass is 9.97. The number of hydroxylamine groups is 1. The van der Waals surface area contributed by atoms with Gasteiger partial charge in [0.05, 0.1) is 0 Å². The predicted octanol–water partition coefficient (Wildman–Crippen LogP) is 3.75. The van der Waals surface area contributed by atoms with Crippen molar-refractivity contribution in [3.63, 3.8) is 0 Å². The molecule has 4 heteroatoms. The first kappa shape index (κ1) is 17.9. The molecule has 0 rings (SSSR count). The first-order chi connectivity index (χ1) is 9.15. The smallest absolute Gasteiger partial charge is 0.331 e. The standard InChI is InChI=1S/C15H29NO3/c1-4-7-8-9-10-11-12-13(5-2)15(18)16-19-14(17)6-3/h13H,4-12H2,1-3H3,(H,16,18). The molecule has 0 aromatic carbocycles. The minimum atomic E-state index is -0.400. The number of rotatable bonds is 10. The molecule has 19 heavy (non-hydrogen) atoms. The van der Waals surface area contributed by atoms with Gasteiger partial charge in [-0.3, -0.25) is 4.79 Å². The summed E-state index contributed by atoms with van der Waals surface area (Å²) in [6, 6.07) is 0. The van der Waals surface area contributed by atoms with E-state index in [1.165, 1.54) is 32.1 Å². The lowest BCUT2D eigenvalue weighted by Crippen LogP contribution is -2.32. The Hall–Kier alpha value is -1.06. The van der Waals surface area contributed by atoms with Crippen molar-refractivity contribution in [2.75, 3.05) is 0 Å². The van der Waals surface area contributed by atoms with E-state index in [-0.39, 0.29) is 18.2 Å². The van der Waals surface area contributed by atoms with Gasteiger partial charge in [-0.15, -0.1) is 0 Å². The minimum absolute atomic E-state index is 0.0455. The van der Waals surface area contributed by atoms with Crippen molar-refractivity contribution in [3.8, 4) is 0 Å². The largest absolute Gasteiger partial charge is 0.341 e. The van der Waals surface area contributed by atoms with Crippen LogP contribution in [0.4, 0.5) is 0 Å². The fraction of sp³-hybridized carbons (Fsp3) is 0.867. The van der Waals surface area contributed by atoms with E-state index < -0.39 is 5.97 Å². The molecule has 0 bridgehead atoms. The Bertz CT molecular complexity index is 254. The topological polar surface area (TPSA) is 55.4 Å². The molecular weight excluding hydrogens is 242 g/mol. The zero-order valence-electron chi connectivity index (χ0n) is 12.7. The van der Waals surface area contributed by atoms with Crippen LogP contribution in [-0.2, 0) is 14.4 Å². The number of carbonyl (C=O) groups is 2. The summed E-state index contributed by atoms with van der Waals surface area (Å²) in [7, 11) is 0. The Balaban J connectivity index is 3.74. The second-order valence-corrected chi connectivity index (χ2v) is 4.96. The summed E-state index contributed by atoms with van der Waals surface area (Å²) in [5, 5.41) is 0. The molecule has 1 N–H and O–H groups in total. The summed E-state index contributed by atoms with van der Waals surface area (Å²) in [6.07, 6.45) is 9.25. The Morgan fingerprint density at radius 2 is 1.63 bits per heavy atom. The van der Waals surface area contributed by atoms with Gasteiger partial charge in [-0.25, -0.2) is 4.79 Å². The van der Waals surface area contributed by atoms with Gasteiger partial charge >= 0.3 is 5.97 Å².